The summed E-state index contributed by atoms with van der Waals surface area (Å²) in [6.45, 7) is 7.07. The molecule has 54 heavy (non-hydrogen) atoms. The fourth-order valence-electron chi connectivity index (χ4n) is 6.67. The van der Waals surface area contributed by atoms with Crippen LogP contribution in [0.25, 0.3) is 0 Å². The number of halogens is 1. The number of aromatic nitrogens is 1. The zero-order chi connectivity index (χ0) is 38.2. The Kier molecular flexibility index (Phi) is 12.3. The van der Waals surface area contributed by atoms with Gasteiger partial charge in [-0.25, -0.2) is 9.78 Å². The molecule has 3 aliphatic heterocycles. The topological polar surface area (TPSA) is 189 Å². The second kappa shape index (κ2) is 17.4. The van der Waals surface area contributed by atoms with Crippen molar-refractivity contribution in [3.8, 4) is 11.9 Å². The van der Waals surface area contributed by atoms with Gasteiger partial charge in [0.2, 0.25) is 17.7 Å². The van der Waals surface area contributed by atoms with Crippen LogP contribution in [-0.2, 0) is 9.59 Å². The number of hydrogen-bond acceptors (Lipinski definition) is 11. The molecule has 0 spiro atoms. The summed E-state index contributed by atoms with van der Waals surface area (Å²) in [5.41, 5.74) is 3.13. The zero-order valence-electron chi connectivity index (χ0n) is 29.9. The molecule has 0 saturated carbocycles. The number of carbonyl (C=O) groups excluding carboxylic acids is 5. The van der Waals surface area contributed by atoms with Crippen LogP contribution in [0.1, 0.15) is 65.3 Å². The van der Waals surface area contributed by atoms with Gasteiger partial charge >= 0.3 is 6.03 Å². The van der Waals surface area contributed by atoms with E-state index in [1.54, 1.807) is 48.7 Å². The number of pyridine rings is 1. The predicted molar refractivity (Wildman–Crippen MR) is 202 cm³/mol. The average Bonchev–Trinajstić information content (AvgIpc) is 3.41. The number of anilines is 3. The molecular weight excluding hydrogens is 714 g/mol. The minimum atomic E-state index is -0.977. The largest absolute Gasteiger partial charge is 0.478 e. The highest BCUT2D eigenvalue weighted by atomic mass is 35.5. The summed E-state index contributed by atoms with van der Waals surface area (Å²) in [6.07, 6.45) is 4.66. The Labute approximate surface area is 318 Å². The summed E-state index contributed by atoms with van der Waals surface area (Å²) < 4.78 is 5.80. The number of nitrogens with zero attached hydrogens (tertiary/aromatic N) is 5. The number of nitrogens with one attached hydrogen (secondary N) is 4. The molecule has 2 unspecified atom stereocenters. The van der Waals surface area contributed by atoms with Gasteiger partial charge in [0.25, 0.3) is 11.8 Å². The Hall–Kier alpha value is -5.72. The molecular formula is C38H42ClN9O6. The third kappa shape index (κ3) is 9.25. The number of carbonyl (C=O) groups is 5. The molecule has 3 aliphatic rings. The van der Waals surface area contributed by atoms with Crippen LogP contribution in [-0.4, -0.2) is 102 Å². The van der Waals surface area contributed by atoms with Crippen LogP contribution in [0.2, 0.25) is 5.02 Å². The average molecular weight is 756 g/mol. The van der Waals surface area contributed by atoms with Gasteiger partial charge in [0.05, 0.1) is 40.2 Å². The highest BCUT2D eigenvalue weighted by Gasteiger charge is 2.44. The standard InChI is InChI=1S/C38H42ClN9O6/c1-24(43-26-6-5-25(21-40)31(39)19-26)22-42-38(53)44-27-7-12-34(41-23-27)54-18-4-2-3-13-46-14-16-47(17-15-46)28-8-9-29-30(20-28)37(52)48(36(29)51)32-10-11-33(49)45-35(32)50/h5-9,12,19-20,23-24,32,43H,2-4,10-11,13-18,22H2,1H3,(H2,42,44,53)(H,45,49,50). The molecule has 0 bridgehead atoms. The first-order chi connectivity index (χ1) is 26.1. The van der Waals surface area contributed by atoms with Gasteiger partial charge in [-0.3, -0.25) is 34.3 Å². The number of urea groups is 1. The van der Waals surface area contributed by atoms with Gasteiger partial charge in [-0.1, -0.05) is 11.6 Å². The van der Waals surface area contributed by atoms with E-state index < -0.39 is 29.7 Å². The number of nitriles is 1. The van der Waals surface area contributed by atoms with Crippen LogP contribution in [0.15, 0.2) is 54.7 Å². The Morgan fingerprint density at radius 3 is 2.50 bits per heavy atom. The fourth-order valence-corrected chi connectivity index (χ4v) is 6.89. The number of imide groups is 2. The van der Waals surface area contributed by atoms with Gasteiger partial charge < -0.3 is 25.6 Å². The summed E-state index contributed by atoms with van der Waals surface area (Å²) in [6, 6.07) is 14.4. The van der Waals surface area contributed by atoms with Gasteiger partial charge in [-0.2, -0.15) is 5.26 Å². The van der Waals surface area contributed by atoms with E-state index >= 15 is 0 Å². The molecule has 3 aromatic rings. The molecule has 0 radical (unpaired) electrons. The molecule has 2 saturated heterocycles. The van der Waals surface area contributed by atoms with Gasteiger partial charge in [0.15, 0.2) is 0 Å². The predicted octanol–water partition coefficient (Wildman–Crippen LogP) is 4.00. The summed E-state index contributed by atoms with van der Waals surface area (Å²) in [5, 5.41) is 20.4. The summed E-state index contributed by atoms with van der Waals surface area (Å²) >= 11 is 6.09. The molecule has 16 heteroatoms. The molecule has 2 fully saturated rings. The van der Waals surface area contributed by atoms with Crippen LogP contribution in [0.4, 0.5) is 21.9 Å². The third-order valence-corrected chi connectivity index (χ3v) is 9.91. The molecule has 4 N–H and O–H groups in total. The fraction of sp³-hybridized carbons (Fsp3) is 0.395. The van der Waals surface area contributed by atoms with Crippen molar-refractivity contribution >= 4 is 58.3 Å². The Balaban J connectivity index is 0.839. The van der Waals surface area contributed by atoms with E-state index in [2.05, 4.69) is 36.1 Å². The van der Waals surface area contributed by atoms with E-state index in [1.165, 1.54) is 0 Å². The second-order valence-electron chi connectivity index (χ2n) is 13.5. The van der Waals surface area contributed by atoms with Crippen molar-refractivity contribution in [1.29, 1.82) is 5.26 Å². The molecule has 6 rings (SSSR count). The Bertz CT molecular complexity index is 1940. The maximum atomic E-state index is 13.2. The molecule has 2 aromatic carbocycles. The monoisotopic (exact) mass is 755 g/mol. The van der Waals surface area contributed by atoms with E-state index in [9.17, 15) is 24.0 Å². The lowest BCUT2D eigenvalue weighted by Gasteiger charge is -2.36. The summed E-state index contributed by atoms with van der Waals surface area (Å²) in [5.74, 6) is -1.53. The van der Waals surface area contributed by atoms with Crippen LogP contribution in [0, 0.1) is 11.3 Å². The summed E-state index contributed by atoms with van der Waals surface area (Å²) in [7, 11) is 0. The second-order valence-corrected chi connectivity index (χ2v) is 13.9. The first-order valence-corrected chi connectivity index (χ1v) is 18.4. The number of hydrogen-bond donors (Lipinski definition) is 4. The van der Waals surface area contributed by atoms with Gasteiger partial charge in [0.1, 0.15) is 12.1 Å². The lowest BCUT2D eigenvalue weighted by Crippen LogP contribution is -2.54. The SMILES string of the molecule is CC(CNC(=O)Nc1ccc(OCCCCCN2CCN(c3ccc4c(c3)C(=O)N(C3CCC(=O)NC3=O)C4=O)CC2)nc1)Nc1ccc(C#N)c(Cl)c1. The van der Waals surface area contributed by atoms with Crippen molar-refractivity contribution in [1.82, 2.24) is 25.4 Å². The first-order valence-electron chi connectivity index (χ1n) is 18.0. The zero-order valence-corrected chi connectivity index (χ0v) is 30.7. The lowest BCUT2D eigenvalue weighted by molar-refractivity contribution is -0.136. The van der Waals surface area contributed by atoms with Crippen molar-refractivity contribution in [2.75, 3.05) is 61.4 Å². The molecule has 15 nitrogen and oxygen atoms in total. The van der Waals surface area contributed by atoms with E-state index in [1.807, 2.05) is 19.1 Å². The maximum absolute atomic E-state index is 13.2. The number of piperidine rings is 1. The molecule has 0 aliphatic carbocycles. The van der Waals surface area contributed by atoms with Crippen LogP contribution in [0.5, 0.6) is 5.88 Å². The maximum Gasteiger partial charge on any atom is 0.319 e. The van der Waals surface area contributed by atoms with Crippen LogP contribution in [0.3, 0.4) is 0 Å². The highest BCUT2D eigenvalue weighted by molar-refractivity contribution is 6.32. The number of unbranched alkanes of at least 4 members (excludes halogenated alkanes) is 2. The quantitative estimate of drug-likeness (QED) is 0.138. The van der Waals surface area contributed by atoms with Crippen molar-refractivity contribution in [2.24, 2.45) is 0 Å². The van der Waals surface area contributed by atoms with E-state index in [-0.39, 0.29) is 30.5 Å². The Morgan fingerprint density at radius 2 is 1.78 bits per heavy atom. The van der Waals surface area contributed by atoms with Gasteiger partial charge in [0, 0.05) is 62.6 Å². The third-order valence-electron chi connectivity index (χ3n) is 9.60. The first kappa shape index (κ1) is 38.0. The minimum absolute atomic E-state index is 0.0863. The normalized spacial score (nSPS) is 17.8. The van der Waals surface area contributed by atoms with Crippen LogP contribution >= 0.6 is 11.6 Å². The van der Waals surface area contributed by atoms with Crippen molar-refractivity contribution < 1.29 is 28.7 Å². The Morgan fingerprint density at radius 1 is 1.00 bits per heavy atom. The molecule has 2 atom stereocenters. The van der Waals surface area contributed by atoms with Crippen molar-refractivity contribution in [3.05, 3.63) is 76.4 Å². The highest BCUT2D eigenvalue weighted by Crippen LogP contribution is 2.31. The van der Waals surface area contributed by atoms with Crippen LogP contribution < -0.4 is 30.9 Å². The molecule has 4 heterocycles. The molecule has 6 amide bonds. The smallest absolute Gasteiger partial charge is 0.319 e. The van der Waals surface area contributed by atoms with Gasteiger partial charge in [-0.15, -0.1) is 0 Å². The van der Waals surface area contributed by atoms with Gasteiger partial charge in [-0.05, 0) is 81.6 Å². The van der Waals surface area contributed by atoms with E-state index in [0.29, 0.717) is 40.9 Å². The number of ether oxygens (including phenoxy) is 1. The van der Waals surface area contributed by atoms with Crippen molar-refractivity contribution in [3.63, 3.8) is 0 Å². The number of fused-ring (bicyclic) bond motifs is 1. The van der Waals surface area contributed by atoms with E-state index in [0.717, 1.165) is 68.3 Å². The molecule has 1 aromatic heterocycles. The number of benzene rings is 2. The number of piperazine rings is 1. The summed E-state index contributed by atoms with van der Waals surface area (Å²) in [4.78, 5) is 72.4. The number of rotatable bonds is 14. The minimum Gasteiger partial charge on any atom is -0.478 e. The van der Waals surface area contributed by atoms with E-state index in [4.69, 9.17) is 21.6 Å². The molecule has 282 valence electrons. The lowest BCUT2D eigenvalue weighted by atomic mass is 10.0. The number of amides is 6. The van der Waals surface area contributed by atoms with Crippen molar-refractivity contribution in [2.45, 2.75) is 51.1 Å².